The van der Waals surface area contributed by atoms with Gasteiger partial charge in [0, 0.05) is 12.5 Å². The van der Waals surface area contributed by atoms with E-state index >= 15 is 0 Å². The molecule has 0 aromatic carbocycles. The maximum absolute atomic E-state index is 11.7. The van der Waals surface area contributed by atoms with Crippen LogP contribution in [0.5, 0.6) is 0 Å². The Balaban J connectivity index is 2.56. The van der Waals surface area contributed by atoms with Crippen LogP contribution in [0.15, 0.2) is 16.7 Å². The highest BCUT2D eigenvalue weighted by molar-refractivity contribution is 7.80. The molecule has 1 aromatic rings. The second-order valence-corrected chi connectivity index (χ2v) is 3.96. The lowest BCUT2D eigenvalue weighted by Crippen LogP contribution is -2.35. The molecule has 1 atom stereocenters. The summed E-state index contributed by atoms with van der Waals surface area (Å²) in [4.78, 5) is 12.1. The van der Waals surface area contributed by atoms with Crippen LogP contribution >= 0.6 is 12.2 Å². The number of carbonyl (C=O) groups excluding carboxylic acids is 1. The topological polar surface area (TPSA) is 68.3 Å². The third kappa shape index (κ3) is 3.36. The molecule has 0 spiro atoms. The van der Waals surface area contributed by atoms with Crippen molar-refractivity contribution in [3.63, 3.8) is 0 Å². The fraction of sp³-hybridized carbons (Fsp3) is 0.400. The molecule has 0 fully saturated rings. The van der Waals surface area contributed by atoms with E-state index in [1.54, 1.807) is 13.0 Å². The van der Waals surface area contributed by atoms with Crippen molar-refractivity contribution < 1.29 is 9.21 Å². The third-order valence-corrected chi connectivity index (χ3v) is 2.15. The third-order valence-electron chi connectivity index (χ3n) is 1.99. The molecule has 1 heterocycles. The molecule has 1 amide bonds. The van der Waals surface area contributed by atoms with Gasteiger partial charge in [-0.2, -0.15) is 0 Å². The number of aryl methyl sites for hydroxylation is 1. The van der Waals surface area contributed by atoms with Crippen LogP contribution in [0.2, 0.25) is 0 Å². The lowest BCUT2D eigenvalue weighted by atomic mass is 10.2. The molecule has 0 aliphatic carbocycles. The molecule has 0 aliphatic heterocycles. The maximum atomic E-state index is 11.7. The standard InChI is InChI=1S/C10H14N2O2S/c1-6(5-9(11)15)12-10(13)8-3-4-14-7(8)2/h3-4,6H,5H2,1-2H3,(H2,11,15)(H,12,13). The molecule has 0 bridgehead atoms. The predicted molar refractivity (Wildman–Crippen MR) is 61.8 cm³/mol. The molecule has 0 saturated carbocycles. The van der Waals surface area contributed by atoms with Crippen molar-refractivity contribution in [1.29, 1.82) is 0 Å². The summed E-state index contributed by atoms with van der Waals surface area (Å²) in [6.07, 6.45) is 1.99. The van der Waals surface area contributed by atoms with E-state index in [0.29, 0.717) is 22.7 Å². The summed E-state index contributed by atoms with van der Waals surface area (Å²) in [6.45, 7) is 3.60. The van der Waals surface area contributed by atoms with Crippen molar-refractivity contribution in [2.75, 3.05) is 0 Å². The molecule has 3 N–H and O–H groups in total. The number of rotatable bonds is 4. The number of carbonyl (C=O) groups is 1. The van der Waals surface area contributed by atoms with Gasteiger partial charge in [0.2, 0.25) is 0 Å². The quantitative estimate of drug-likeness (QED) is 0.761. The summed E-state index contributed by atoms with van der Waals surface area (Å²) in [5, 5.41) is 2.79. The van der Waals surface area contributed by atoms with Crippen molar-refractivity contribution in [1.82, 2.24) is 5.32 Å². The first kappa shape index (κ1) is 11.7. The second-order valence-electron chi connectivity index (χ2n) is 3.44. The first-order valence-corrected chi connectivity index (χ1v) is 5.04. The van der Waals surface area contributed by atoms with E-state index in [-0.39, 0.29) is 11.9 Å². The molecule has 0 radical (unpaired) electrons. The van der Waals surface area contributed by atoms with Crippen molar-refractivity contribution in [3.05, 3.63) is 23.7 Å². The van der Waals surface area contributed by atoms with Crippen LogP contribution in [-0.4, -0.2) is 16.9 Å². The van der Waals surface area contributed by atoms with Crippen molar-refractivity contribution >= 4 is 23.1 Å². The normalized spacial score (nSPS) is 12.1. The Hall–Kier alpha value is -1.36. The van der Waals surface area contributed by atoms with Gasteiger partial charge >= 0.3 is 0 Å². The van der Waals surface area contributed by atoms with E-state index in [1.807, 2.05) is 6.92 Å². The molecule has 15 heavy (non-hydrogen) atoms. The number of nitrogens with one attached hydrogen (secondary N) is 1. The summed E-state index contributed by atoms with van der Waals surface area (Å²) >= 11 is 4.76. The van der Waals surface area contributed by atoms with Gasteiger partial charge in [-0.1, -0.05) is 12.2 Å². The van der Waals surface area contributed by atoms with Gasteiger partial charge in [0.25, 0.3) is 5.91 Å². The van der Waals surface area contributed by atoms with Crippen LogP contribution in [0.1, 0.15) is 29.5 Å². The van der Waals surface area contributed by atoms with Crippen LogP contribution in [0.3, 0.4) is 0 Å². The predicted octanol–water partition coefficient (Wildman–Crippen LogP) is 1.38. The Morgan fingerprint density at radius 3 is 2.87 bits per heavy atom. The van der Waals surface area contributed by atoms with Gasteiger partial charge in [0.05, 0.1) is 16.8 Å². The highest BCUT2D eigenvalue weighted by Crippen LogP contribution is 2.08. The lowest BCUT2D eigenvalue weighted by molar-refractivity contribution is 0.0940. The van der Waals surface area contributed by atoms with Crippen molar-refractivity contribution in [3.8, 4) is 0 Å². The SMILES string of the molecule is Cc1occc1C(=O)NC(C)CC(N)=S. The summed E-state index contributed by atoms with van der Waals surface area (Å²) in [6, 6.07) is 1.57. The van der Waals surface area contributed by atoms with Crippen LogP contribution < -0.4 is 11.1 Å². The smallest absolute Gasteiger partial charge is 0.255 e. The minimum Gasteiger partial charge on any atom is -0.469 e. The van der Waals surface area contributed by atoms with E-state index < -0.39 is 0 Å². The van der Waals surface area contributed by atoms with E-state index in [4.69, 9.17) is 22.4 Å². The fourth-order valence-electron chi connectivity index (χ4n) is 1.27. The monoisotopic (exact) mass is 226 g/mol. The zero-order valence-electron chi connectivity index (χ0n) is 8.74. The van der Waals surface area contributed by atoms with E-state index in [1.165, 1.54) is 6.26 Å². The van der Waals surface area contributed by atoms with Gasteiger partial charge in [0.15, 0.2) is 0 Å². The van der Waals surface area contributed by atoms with Crippen molar-refractivity contribution in [2.45, 2.75) is 26.3 Å². The van der Waals surface area contributed by atoms with E-state index in [9.17, 15) is 4.79 Å². The van der Waals surface area contributed by atoms with Crippen molar-refractivity contribution in [2.24, 2.45) is 5.73 Å². The molecule has 1 unspecified atom stereocenters. The molecule has 4 nitrogen and oxygen atoms in total. The summed E-state index contributed by atoms with van der Waals surface area (Å²) in [5.74, 6) is 0.444. The van der Waals surface area contributed by atoms with Gasteiger partial charge in [-0.3, -0.25) is 4.79 Å². The Morgan fingerprint density at radius 1 is 1.73 bits per heavy atom. The lowest BCUT2D eigenvalue weighted by Gasteiger charge is -2.12. The first-order valence-electron chi connectivity index (χ1n) is 4.64. The molecular weight excluding hydrogens is 212 g/mol. The summed E-state index contributed by atoms with van der Waals surface area (Å²) in [5.41, 5.74) is 5.93. The number of amides is 1. The van der Waals surface area contributed by atoms with Crippen LogP contribution in [-0.2, 0) is 0 Å². The van der Waals surface area contributed by atoms with Crippen LogP contribution in [0.25, 0.3) is 0 Å². The fourth-order valence-corrected chi connectivity index (χ4v) is 1.52. The van der Waals surface area contributed by atoms with Gasteiger partial charge in [0.1, 0.15) is 5.76 Å². The Bertz CT molecular complexity index is 373. The second kappa shape index (κ2) is 4.93. The molecule has 0 aliphatic rings. The van der Waals surface area contributed by atoms with Gasteiger partial charge in [-0.05, 0) is 19.9 Å². The van der Waals surface area contributed by atoms with E-state index in [2.05, 4.69) is 5.32 Å². The molecule has 1 rings (SSSR count). The molecular formula is C10H14N2O2S. The average Bonchev–Trinajstić information content (AvgIpc) is 2.49. The average molecular weight is 226 g/mol. The Labute approximate surface area is 93.8 Å². The Morgan fingerprint density at radius 2 is 2.40 bits per heavy atom. The number of hydrogen-bond donors (Lipinski definition) is 2. The largest absolute Gasteiger partial charge is 0.469 e. The zero-order chi connectivity index (χ0) is 11.4. The Kier molecular flexibility index (Phi) is 3.85. The number of nitrogens with two attached hydrogens (primary N) is 1. The van der Waals surface area contributed by atoms with Gasteiger partial charge < -0.3 is 15.5 Å². The zero-order valence-corrected chi connectivity index (χ0v) is 9.56. The summed E-state index contributed by atoms with van der Waals surface area (Å²) < 4.78 is 5.04. The van der Waals surface area contributed by atoms with Gasteiger partial charge in [-0.15, -0.1) is 0 Å². The molecule has 5 heteroatoms. The highest BCUT2D eigenvalue weighted by atomic mass is 32.1. The summed E-state index contributed by atoms with van der Waals surface area (Å²) in [7, 11) is 0. The first-order chi connectivity index (χ1) is 7.00. The minimum atomic E-state index is -0.162. The molecule has 0 saturated heterocycles. The number of furan rings is 1. The number of hydrogen-bond acceptors (Lipinski definition) is 3. The molecule has 1 aromatic heterocycles. The minimum absolute atomic E-state index is 0.0655. The number of thiocarbonyl (C=S) groups is 1. The maximum Gasteiger partial charge on any atom is 0.255 e. The van der Waals surface area contributed by atoms with Crippen LogP contribution in [0.4, 0.5) is 0 Å². The highest BCUT2D eigenvalue weighted by Gasteiger charge is 2.14. The van der Waals surface area contributed by atoms with E-state index in [0.717, 1.165) is 0 Å². The van der Waals surface area contributed by atoms with Gasteiger partial charge in [-0.25, -0.2) is 0 Å². The molecule has 82 valence electrons. The van der Waals surface area contributed by atoms with Crippen LogP contribution in [0, 0.1) is 6.92 Å².